The Kier molecular flexibility index (Phi) is 5.07. The van der Waals surface area contributed by atoms with E-state index >= 15 is 0 Å². The number of benzene rings is 1. The lowest BCUT2D eigenvalue weighted by Gasteiger charge is -2.12. The van der Waals surface area contributed by atoms with Crippen LogP contribution in [0.4, 0.5) is 5.82 Å². The highest BCUT2D eigenvalue weighted by molar-refractivity contribution is 5.51. The van der Waals surface area contributed by atoms with Crippen LogP contribution in [0.2, 0.25) is 0 Å². The molecule has 118 valence electrons. The van der Waals surface area contributed by atoms with E-state index in [0.717, 1.165) is 30.8 Å². The van der Waals surface area contributed by atoms with E-state index in [-0.39, 0.29) is 6.10 Å². The first kappa shape index (κ1) is 15.3. The van der Waals surface area contributed by atoms with Gasteiger partial charge in [-0.25, -0.2) is 4.98 Å². The Balaban J connectivity index is 1.52. The van der Waals surface area contributed by atoms with Crippen molar-refractivity contribution < 1.29 is 9.47 Å². The zero-order chi connectivity index (χ0) is 15.9. The van der Waals surface area contributed by atoms with Gasteiger partial charge >= 0.3 is 0 Å². The fourth-order valence-corrected chi connectivity index (χ4v) is 2.49. The second-order valence-corrected chi connectivity index (χ2v) is 5.45. The SMILES string of the molecule is N#Cc1cccnc1NCc1ccc(OCC2CCCO2)cc1. The molecule has 1 aromatic carbocycles. The molecule has 0 saturated carbocycles. The number of rotatable bonds is 6. The summed E-state index contributed by atoms with van der Waals surface area (Å²) in [5.41, 5.74) is 1.65. The summed E-state index contributed by atoms with van der Waals surface area (Å²) in [5.74, 6) is 1.45. The van der Waals surface area contributed by atoms with E-state index in [9.17, 15) is 0 Å². The number of hydrogen-bond acceptors (Lipinski definition) is 5. The maximum Gasteiger partial charge on any atom is 0.144 e. The van der Waals surface area contributed by atoms with E-state index in [1.807, 2.05) is 24.3 Å². The number of pyridine rings is 1. The lowest BCUT2D eigenvalue weighted by Crippen LogP contribution is -2.16. The molecule has 1 saturated heterocycles. The maximum atomic E-state index is 9.04. The molecule has 1 aliphatic heterocycles. The number of nitrogens with zero attached hydrogens (tertiary/aromatic N) is 2. The van der Waals surface area contributed by atoms with Crippen LogP contribution in [0.5, 0.6) is 5.75 Å². The molecule has 23 heavy (non-hydrogen) atoms. The number of hydrogen-bond donors (Lipinski definition) is 1. The molecule has 5 nitrogen and oxygen atoms in total. The van der Waals surface area contributed by atoms with Crippen molar-refractivity contribution in [2.75, 3.05) is 18.5 Å². The molecular formula is C18H19N3O2. The zero-order valence-corrected chi connectivity index (χ0v) is 12.9. The Bertz CT molecular complexity index is 673. The van der Waals surface area contributed by atoms with Crippen LogP contribution in [0, 0.1) is 11.3 Å². The Morgan fingerprint density at radius 1 is 1.30 bits per heavy atom. The molecule has 0 amide bonds. The van der Waals surface area contributed by atoms with E-state index in [1.165, 1.54) is 0 Å². The van der Waals surface area contributed by atoms with Crippen LogP contribution < -0.4 is 10.1 Å². The number of ether oxygens (including phenoxy) is 2. The number of aromatic nitrogens is 1. The van der Waals surface area contributed by atoms with Gasteiger partial charge in [-0.15, -0.1) is 0 Å². The molecule has 2 heterocycles. The Hall–Kier alpha value is -2.58. The molecule has 1 atom stereocenters. The molecule has 3 rings (SSSR count). The molecule has 0 aliphatic carbocycles. The van der Waals surface area contributed by atoms with Crippen molar-refractivity contribution in [3.8, 4) is 11.8 Å². The van der Waals surface area contributed by atoms with Crippen molar-refractivity contribution in [2.45, 2.75) is 25.5 Å². The van der Waals surface area contributed by atoms with Crippen LogP contribution in [0.15, 0.2) is 42.6 Å². The minimum atomic E-state index is 0.227. The quantitative estimate of drug-likeness (QED) is 0.888. The summed E-state index contributed by atoms with van der Waals surface area (Å²) in [6.07, 6.45) is 4.10. The molecule has 1 unspecified atom stereocenters. The summed E-state index contributed by atoms with van der Waals surface area (Å²) in [4.78, 5) is 4.18. The highest BCUT2D eigenvalue weighted by Gasteiger charge is 2.15. The topological polar surface area (TPSA) is 67.2 Å². The monoisotopic (exact) mass is 309 g/mol. The highest BCUT2D eigenvalue weighted by atomic mass is 16.5. The van der Waals surface area contributed by atoms with Gasteiger partial charge in [0.1, 0.15) is 24.2 Å². The average molecular weight is 309 g/mol. The van der Waals surface area contributed by atoms with Crippen LogP contribution in [0.3, 0.4) is 0 Å². The number of anilines is 1. The van der Waals surface area contributed by atoms with Crippen LogP contribution in [0.25, 0.3) is 0 Å². The van der Waals surface area contributed by atoms with Crippen molar-refractivity contribution >= 4 is 5.82 Å². The summed E-state index contributed by atoms with van der Waals surface area (Å²) in [5, 5.41) is 12.2. The van der Waals surface area contributed by atoms with Gasteiger partial charge in [-0.3, -0.25) is 0 Å². The first-order valence-electron chi connectivity index (χ1n) is 7.77. The van der Waals surface area contributed by atoms with Crippen molar-refractivity contribution in [3.63, 3.8) is 0 Å². The van der Waals surface area contributed by atoms with Gasteiger partial charge in [0.25, 0.3) is 0 Å². The van der Waals surface area contributed by atoms with E-state index in [0.29, 0.717) is 24.5 Å². The number of nitriles is 1. The third-order valence-corrected chi connectivity index (χ3v) is 3.77. The Morgan fingerprint density at radius 3 is 2.91 bits per heavy atom. The second kappa shape index (κ2) is 7.61. The predicted octanol–water partition coefficient (Wildman–Crippen LogP) is 3.12. The molecule has 1 aliphatic rings. The first-order valence-corrected chi connectivity index (χ1v) is 7.77. The Labute approximate surface area is 135 Å². The summed E-state index contributed by atoms with van der Waals surface area (Å²) < 4.78 is 11.3. The molecule has 0 bridgehead atoms. The summed E-state index contributed by atoms with van der Waals surface area (Å²) in [6.45, 7) is 2.06. The molecule has 1 fully saturated rings. The minimum absolute atomic E-state index is 0.227. The fraction of sp³-hybridized carbons (Fsp3) is 0.333. The molecule has 0 radical (unpaired) electrons. The third kappa shape index (κ3) is 4.21. The van der Waals surface area contributed by atoms with Crippen molar-refractivity contribution in [2.24, 2.45) is 0 Å². The van der Waals surface area contributed by atoms with E-state index in [1.54, 1.807) is 18.3 Å². The lowest BCUT2D eigenvalue weighted by atomic mass is 10.2. The molecule has 5 heteroatoms. The van der Waals surface area contributed by atoms with Gasteiger partial charge in [-0.2, -0.15) is 5.26 Å². The van der Waals surface area contributed by atoms with Gasteiger partial charge in [0, 0.05) is 19.3 Å². The highest BCUT2D eigenvalue weighted by Crippen LogP contribution is 2.17. The van der Waals surface area contributed by atoms with Crippen molar-refractivity contribution in [3.05, 3.63) is 53.7 Å². The molecule has 1 N–H and O–H groups in total. The van der Waals surface area contributed by atoms with Gasteiger partial charge in [0.05, 0.1) is 11.7 Å². The van der Waals surface area contributed by atoms with Crippen LogP contribution in [0.1, 0.15) is 24.0 Å². The van der Waals surface area contributed by atoms with E-state index < -0.39 is 0 Å². The molecule has 2 aromatic rings. The standard InChI is InChI=1S/C18H19N3O2/c19-11-15-3-1-9-20-18(15)21-12-14-5-7-16(8-6-14)23-13-17-4-2-10-22-17/h1,3,5-9,17H,2,4,10,12-13H2,(H,20,21). The molecular weight excluding hydrogens is 290 g/mol. The van der Waals surface area contributed by atoms with Gasteiger partial charge < -0.3 is 14.8 Å². The van der Waals surface area contributed by atoms with Gasteiger partial charge in [-0.05, 0) is 42.7 Å². The Morgan fingerprint density at radius 2 is 2.17 bits per heavy atom. The number of nitrogens with one attached hydrogen (secondary N) is 1. The molecule has 0 spiro atoms. The minimum Gasteiger partial charge on any atom is -0.491 e. The third-order valence-electron chi connectivity index (χ3n) is 3.77. The van der Waals surface area contributed by atoms with Crippen LogP contribution >= 0.6 is 0 Å². The van der Waals surface area contributed by atoms with E-state index in [2.05, 4.69) is 16.4 Å². The lowest BCUT2D eigenvalue weighted by molar-refractivity contribution is 0.0679. The summed E-state index contributed by atoms with van der Waals surface area (Å²) >= 11 is 0. The second-order valence-electron chi connectivity index (χ2n) is 5.45. The largest absolute Gasteiger partial charge is 0.491 e. The van der Waals surface area contributed by atoms with Crippen LogP contribution in [-0.4, -0.2) is 24.3 Å². The van der Waals surface area contributed by atoms with Crippen molar-refractivity contribution in [1.29, 1.82) is 5.26 Å². The summed E-state index contributed by atoms with van der Waals surface area (Å²) in [7, 11) is 0. The smallest absolute Gasteiger partial charge is 0.144 e. The van der Waals surface area contributed by atoms with E-state index in [4.69, 9.17) is 14.7 Å². The fourth-order valence-electron chi connectivity index (χ4n) is 2.49. The maximum absolute atomic E-state index is 9.04. The first-order chi connectivity index (χ1) is 11.3. The van der Waals surface area contributed by atoms with Gasteiger partial charge in [-0.1, -0.05) is 12.1 Å². The van der Waals surface area contributed by atoms with Gasteiger partial charge in [0.2, 0.25) is 0 Å². The van der Waals surface area contributed by atoms with Crippen LogP contribution in [-0.2, 0) is 11.3 Å². The summed E-state index contributed by atoms with van der Waals surface area (Å²) in [6, 6.07) is 13.6. The predicted molar refractivity (Wildman–Crippen MR) is 87.2 cm³/mol. The zero-order valence-electron chi connectivity index (χ0n) is 12.9. The molecule has 1 aromatic heterocycles. The van der Waals surface area contributed by atoms with Crippen molar-refractivity contribution in [1.82, 2.24) is 4.98 Å². The van der Waals surface area contributed by atoms with Gasteiger partial charge in [0.15, 0.2) is 0 Å². The average Bonchev–Trinajstić information content (AvgIpc) is 3.13. The normalized spacial score (nSPS) is 16.7.